The van der Waals surface area contributed by atoms with E-state index in [0.717, 1.165) is 16.8 Å². The summed E-state index contributed by atoms with van der Waals surface area (Å²) in [5.41, 5.74) is 7.80. The van der Waals surface area contributed by atoms with E-state index >= 15 is 0 Å². The van der Waals surface area contributed by atoms with Gasteiger partial charge in [0.1, 0.15) is 5.75 Å². The highest BCUT2D eigenvalue weighted by atomic mass is 16.5. The molecule has 0 fully saturated rings. The van der Waals surface area contributed by atoms with Crippen LogP contribution in [0.4, 0.5) is 0 Å². The topological polar surface area (TPSA) is 80.3 Å². The molecular formula is C17H19N3O3. The Morgan fingerprint density at radius 1 is 1.09 bits per heavy atom. The van der Waals surface area contributed by atoms with Gasteiger partial charge in [0, 0.05) is 11.9 Å². The Morgan fingerprint density at radius 2 is 1.87 bits per heavy atom. The second-order valence-electron chi connectivity index (χ2n) is 5.25. The Morgan fingerprint density at radius 3 is 2.57 bits per heavy atom. The molecule has 0 aliphatic carbocycles. The Bertz CT molecular complexity index is 712. The predicted octanol–water partition coefficient (Wildman–Crippen LogP) is 1.85. The molecule has 0 bridgehead atoms. The number of hydrazine groups is 1. The predicted molar refractivity (Wildman–Crippen MR) is 86.0 cm³/mol. The molecule has 0 spiro atoms. The van der Waals surface area contributed by atoms with Crippen LogP contribution in [-0.2, 0) is 4.79 Å². The Kier molecular flexibility index (Phi) is 5.30. The first-order valence-corrected chi connectivity index (χ1v) is 7.17. The maximum Gasteiger partial charge on any atom is 0.276 e. The first-order valence-electron chi connectivity index (χ1n) is 7.17. The van der Waals surface area contributed by atoms with E-state index in [4.69, 9.17) is 4.74 Å². The van der Waals surface area contributed by atoms with Gasteiger partial charge in [0.05, 0.1) is 5.56 Å². The number of hydrogen-bond acceptors (Lipinski definition) is 4. The third kappa shape index (κ3) is 4.81. The zero-order valence-corrected chi connectivity index (χ0v) is 13.3. The van der Waals surface area contributed by atoms with Crippen molar-refractivity contribution in [2.24, 2.45) is 0 Å². The van der Waals surface area contributed by atoms with Crippen LogP contribution in [0.15, 0.2) is 36.5 Å². The van der Waals surface area contributed by atoms with Crippen LogP contribution >= 0.6 is 0 Å². The van der Waals surface area contributed by atoms with Crippen molar-refractivity contribution in [3.8, 4) is 5.75 Å². The van der Waals surface area contributed by atoms with E-state index in [1.165, 1.54) is 6.20 Å². The van der Waals surface area contributed by atoms with Crippen LogP contribution in [0.3, 0.4) is 0 Å². The van der Waals surface area contributed by atoms with Gasteiger partial charge < -0.3 is 4.74 Å². The van der Waals surface area contributed by atoms with E-state index < -0.39 is 11.8 Å². The van der Waals surface area contributed by atoms with Crippen LogP contribution < -0.4 is 15.6 Å². The second-order valence-corrected chi connectivity index (χ2v) is 5.25. The van der Waals surface area contributed by atoms with E-state index in [9.17, 15) is 9.59 Å². The molecular weight excluding hydrogens is 294 g/mol. The molecule has 0 atom stereocenters. The van der Waals surface area contributed by atoms with Gasteiger partial charge in [-0.15, -0.1) is 0 Å². The van der Waals surface area contributed by atoms with Crippen molar-refractivity contribution in [3.05, 3.63) is 58.9 Å². The Hall–Kier alpha value is -2.89. The quantitative estimate of drug-likeness (QED) is 0.844. The van der Waals surface area contributed by atoms with Gasteiger partial charge in [-0.05, 0) is 50.1 Å². The lowest BCUT2D eigenvalue weighted by molar-refractivity contribution is -0.123. The molecule has 6 nitrogen and oxygen atoms in total. The number of hydrogen-bond donors (Lipinski definition) is 2. The largest absolute Gasteiger partial charge is 0.483 e. The number of aromatic nitrogens is 1. The first kappa shape index (κ1) is 16.5. The maximum atomic E-state index is 11.8. The van der Waals surface area contributed by atoms with Gasteiger partial charge in [-0.2, -0.15) is 0 Å². The number of nitrogens with zero attached hydrogens (tertiary/aromatic N) is 1. The minimum absolute atomic E-state index is 0.184. The maximum absolute atomic E-state index is 11.8. The number of rotatable bonds is 4. The summed E-state index contributed by atoms with van der Waals surface area (Å²) >= 11 is 0. The number of pyridine rings is 1. The van der Waals surface area contributed by atoms with Crippen molar-refractivity contribution in [2.45, 2.75) is 20.8 Å². The molecule has 2 N–H and O–H groups in total. The molecule has 0 saturated heterocycles. The van der Waals surface area contributed by atoms with Crippen LogP contribution in [0.2, 0.25) is 0 Å². The zero-order valence-electron chi connectivity index (χ0n) is 13.3. The molecule has 1 aromatic heterocycles. The molecule has 0 aliphatic heterocycles. The van der Waals surface area contributed by atoms with Crippen LogP contribution in [0.1, 0.15) is 27.2 Å². The summed E-state index contributed by atoms with van der Waals surface area (Å²) in [5, 5.41) is 0. The van der Waals surface area contributed by atoms with E-state index in [1.807, 2.05) is 39.0 Å². The molecule has 120 valence electrons. The Labute approximate surface area is 134 Å². The minimum atomic E-state index is -0.445. The van der Waals surface area contributed by atoms with Crippen molar-refractivity contribution >= 4 is 11.8 Å². The SMILES string of the molecule is Cc1ccc(C)c(OCC(=O)NNC(=O)c2ccc(C)nc2)c1. The third-order valence-electron chi connectivity index (χ3n) is 3.19. The summed E-state index contributed by atoms with van der Waals surface area (Å²) in [6.07, 6.45) is 1.45. The van der Waals surface area contributed by atoms with Crippen molar-refractivity contribution in [2.75, 3.05) is 6.61 Å². The zero-order chi connectivity index (χ0) is 16.8. The molecule has 23 heavy (non-hydrogen) atoms. The molecule has 6 heteroatoms. The third-order valence-corrected chi connectivity index (χ3v) is 3.19. The van der Waals surface area contributed by atoms with Gasteiger partial charge in [-0.3, -0.25) is 25.4 Å². The highest BCUT2D eigenvalue weighted by Crippen LogP contribution is 2.18. The van der Waals surface area contributed by atoms with Gasteiger partial charge >= 0.3 is 0 Å². The van der Waals surface area contributed by atoms with Gasteiger partial charge in [0.2, 0.25) is 0 Å². The van der Waals surface area contributed by atoms with E-state index in [-0.39, 0.29) is 6.61 Å². The molecule has 0 unspecified atom stereocenters. The molecule has 2 aromatic rings. The lowest BCUT2D eigenvalue weighted by atomic mass is 10.1. The fourth-order valence-corrected chi connectivity index (χ4v) is 1.84. The van der Waals surface area contributed by atoms with Crippen molar-refractivity contribution < 1.29 is 14.3 Å². The number of amides is 2. The van der Waals surface area contributed by atoms with Gasteiger partial charge in [-0.1, -0.05) is 12.1 Å². The number of carbonyl (C=O) groups excluding carboxylic acids is 2. The Balaban J connectivity index is 1.82. The summed E-state index contributed by atoms with van der Waals surface area (Å²) in [6.45, 7) is 5.49. The highest BCUT2D eigenvalue weighted by Gasteiger charge is 2.09. The highest BCUT2D eigenvalue weighted by molar-refractivity contribution is 5.95. The molecule has 1 heterocycles. The number of benzene rings is 1. The summed E-state index contributed by atoms with van der Waals surface area (Å²) < 4.78 is 5.46. The van der Waals surface area contributed by atoms with Crippen molar-refractivity contribution in [1.82, 2.24) is 15.8 Å². The average molecular weight is 313 g/mol. The summed E-state index contributed by atoms with van der Waals surface area (Å²) in [7, 11) is 0. The summed E-state index contributed by atoms with van der Waals surface area (Å²) in [6, 6.07) is 9.11. The van der Waals surface area contributed by atoms with Crippen molar-refractivity contribution in [1.29, 1.82) is 0 Å². The van der Waals surface area contributed by atoms with E-state index in [1.54, 1.807) is 12.1 Å². The fraction of sp³-hybridized carbons (Fsp3) is 0.235. The normalized spacial score (nSPS) is 10.0. The lowest BCUT2D eigenvalue weighted by Gasteiger charge is -2.11. The smallest absolute Gasteiger partial charge is 0.276 e. The van der Waals surface area contributed by atoms with Crippen molar-refractivity contribution in [3.63, 3.8) is 0 Å². The number of aryl methyl sites for hydroxylation is 3. The van der Waals surface area contributed by atoms with Crippen LogP contribution in [0.5, 0.6) is 5.75 Å². The molecule has 0 radical (unpaired) electrons. The first-order chi connectivity index (χ1) is 11.0. The molecule has 2 amide bonds. The molecule has 2 rings (SSSR count). The number of nitrogens with one attached hydrogen (secondary N) is 2. The number of ether oxygens (including phenoxy) is 1. The minimum Gasteiger partial charge on any atom is -0.483 e. The van der Waals surface area contributed by atoms with Gasteiger partial charge in [0.25, 0.3) is 11.8 Å². The van der Waals surface area contributed by atoms with E-state index in [2.05, 4.69) is 15.8 Å². The van der Waals surface area contributed by atoms with E-state index in [0.29, 0.717) is 11.3 Å². The van der Waals surface area contributed by atoms with Gasteiger partial charge in [0.15, 0.2) is 6.61 Å². The van der Waals surface area contributed by atoms with Crippen LogP contribution in [0, 0.1) is 20.8 Å². The fourth-order valence-electron chi connectivity index (χ4n) is 1.84. The van der Waals surface area contributed by atoms with Gasteiger partial charge in [-0.25, -0.2) is 0 Å². The number of carbonyl (C=O) groups is 2. The second kappa shape index (κ2) is 7.40. The summed E-state index contributed by atoms with van der Waals surface area (Å²) in [4.78, 5) is 27.6. The molecule has 0 saturated carbocycles. The molecule has 0 aliphatic rings. The van der Waals surface area contributed by atoms with Crippen LogP contribution in [-0.4, -0.2) is 23.4 Å². The molecule has 1 aromatic carbocycles. The van der Waals surface area contributed by atoms with Crippen LogP contribution in [0.25, 0.3) is 0 Å². The lowest BCUT2D eigenvalue weighted by Crippen LogP contribution is -2.43. The standard InChI is InChI=1S/C17H19N3O3/c1-11-4-5-12(2)15(8-11)23-10-16(21)19-20-17(22)14-7-6-13(3)18-9-14/h4-9H,10H2,1-3H3,(H,19,21)(H,20,22). The average Bonchev–Trinajstić information content (AvgIpc) is 2.54. The summed E-state index contributed by atoms with van der Waals surface area (Å²) in [5.74, 6) is -0.230. The monoisotopic (exact) mass is 313 g/mol.